The van der Waals surface area contributed by atoms with Crippen LogP contribution in [0.1, 0.15) is 31.9 Å². The number of rotatable bonds is 6. The van der Waals surface area contributed by atoms with Crippen LogP contribution in [0.25, 0.3) is 28.1 Å². The SMILES string of the molecule is C[C@@H](c1ccc2nnc(-c3ccc4cccc(OCC5(C)COC5)c4n3)n2c1)N1CC[C@H](N)C1. The fourth-order valence-corrected chi connectivity index (χ4v) is 4.85. The van der Waals surface area contributed by atoms with E-state index >= 15 is 0 Å². The van der Waals surface area contributed by atoms with Gasteiger partial charge in [-0.2, -0.15) is 0 Å². The van der Waals surface area contributed by atoms with Gasteiger partial charge in [-0.25, -0.2) is 4.98 Å². The van der Waals surface area contributed by atoms with Crippen LogP contribution in [-0.4, -0.2) is 63.4 Å². The summed E-state index contributed by atoms with van der Waals surface area (Å²) < 4.78 is 13.6. The molecule has 0 aliphatic carbocycles. The van der Waals surface area contributed by atoms with Crippen LogP contribution in [-0.2, 0) is 4.74 Å². The van der Waals surface area contributed by atoms with E-state index in [1.165, 1.54) is 5.56 Å². The van der Waals surface area contributed by atoms with E-state index < -0.39 is 0 Å². The van der Waals surface area contributed by atoms with Crippen LogP contribution in [0, 0.1) is 5.41 Å². The second-order valence-corrected chi connectivity index (χ2v) is 10.1. The number of benzene rings is 1. The second-order valence-electron chi connectivity index (χ2n) is 10.1. The smallest absolute Gasteiger partial charge is 0.187 e. The number of aromatic nitrogens is 4. The first kappa shape index (κ1) is 21.5. The summed E-state index contributed by atoms with van der Waals surface area (Å²) in [6, 6.07) is 14.8. The third kappa shape index (κ3) is 3.81. The summed E-state index contributed by atoms with van der Waals surface area (Å²) in [6.45, 7) is 8.42. The standard InChI is InChI=1S/C26H30N6O2/c1-17(31-11-10-20(27)13-31)19-7-9-23-29-30-25(32(23)12-19)21-8-6-18-4-3-5-22(24(18)28-21)34-16-26(2)14-33-15-26/h3-9,12,17,20H,10-11,13-16,27H2,1-2H3/t17-,20-/m0/s1. The van der Waals surface area contributed by atoms with Crippen LogP contribution in [0.5, 0.6) is 5.75 Å². The Hall–Kier alpha value is -3.07. The molecule has 176 valence electrons. The minimum Gasteiger partial charge on any atom is -0.491 e. The number of ether oxygens (including phenoxy) is 2. The Kier molecular flexibility index (Phi) is 5.24. The minimum absolute atomic E-state index is 0.0648. The van der Waals surface area contributed by atoms with Gasteiger partial charge in [-0.05, 0) is 37.1 Å². The number of pyridine rings is 2. The van der Waals surface area contributed by atoms with Crippen molar-refractivity contribution in [2.45, 2.75) is 32.4 Å². The van der Waals surface area contributed by atoms with E-state index in [0.717, 1.165) is 66.5 Å². The van der Waals surface area contributed by atoms with Crippen molar-refractivity contribution in [3.8, 4) is 17.3 Å². The molecule has 2 atom stereocenters. The molecule has 0 amide bonds. The first-order valence-electron chi connectivity index (χ1n) is 11.9. The summed E-state index contributed by atoms with van der Waals surface area (Å²) in [7, 11) is 0. The summed E-state index contributed by atoms with van der Waals surface area (Å²) in [5.74, 6) is 1.50. The Labute approximate surface area is 198 Å². The molecule has 34 heavy (non-hydrogen) atoms. The zero-order valence-electron chi connectivity index (χ0n) is 19.6. The summed E-state index contributed by atoms with van der Waals surface area (Å²) in [5.41, 5.74) is 9.81. The van der Waals surface area contributed by atoms with E-state index in [1.807, 2.05) is 28.7 Å². The Morgan fingerprint density at radius 3 is 2.82 bits per heavy atom. The van der Waals surface area contributed by atoms with Gasteiger partial charge in [-0.3, -0.25) is 9.30 Å². The monoisotopic (exact) mass is 458 g/mol. The summed E-state index contributed by atoms with van der Waals surface area (Å²) in [6.07, 6.45) is 3.17. The van der Waals surface area contributed by atoms with Gasteiger partial charge in [-0.1, -0.05) is 31.2 Å². The van der Waals surface area contributed by atoms with Crippen LogP contribution in [0.15, 0.2) is 48.7 Å². The first-order chi connectivity index (χ1) is 16.5. The number of hydrogen-bond acceptors (Lipinski definition) is 7. The molecule has 0 bridgehead atoms. The highest BCUT2D eigenvalue weighted by Gasteiger charge is 2.34. The normalized spacial score (nSPS) is 21.1. The quantitative estimate of drug-likeness (QED) is 0.473. The van der Waals surface area contributed by atoms with Gasteiger partial charge in [0.2, 0.25) is 0 Å². The summed E-state index contributed by atoms with van der Waals surface area (Å²) in [4.78, 5) is 7.40. The Bertz CT molecular complexity index is 1350. The molecule has 4 aromatic rings. The van der Waals surface area contributed by atoms with E-state index in [-0.39, 0.29) is 17.5 Å². The fourth-order valence-electron chi connectivity index (χ4n) is 4.85. The van der Waals surface area contributed by atoms with Gasteiger partial charge in [-0.15, -0.1) is 10.2 Å². The molecule has 0 unspecified atom stereocenters. The largest absolute Gasteiger partial charge is 0.491 e. The Morgan fingerprint density at radius 1 is 1.18 bits per heavy atom. The summed E-state index contributed by atoms with van der Waals surface area (Å²) >= 11 is 0. The highest BCUT2D eigenvalue weighted by Crippen LogP contribution is 2.32. The van der Waals surface area contributed by atoms with Crippen molar-refractivity contribution in [1.29, 1.82) is 0 Å². The molecule has 2 N–H and O–H groups in total. The lowest BCUT2D eigenvalue weighted by Gasteiger charge is -2.37. The molecule has 2 saturated heterocycles. The number of likely N-dealkylation sites (tertiary alicyclic amines) is 1. The first-order valence-corrected chi connectivity index (χ1v) is 11.9. The average molecular weight is 459 g/mol. The van der Waals surface area contributed by atoms with Gasteiger partial charge in [0.05, 0.1) is 19.8 Å². The molecular formula is C26H30N6O2. The maximum atomic E-state index is 6.20. The molecule has 2 fully saturated rings. The predicted octanol–water partition coefficient (Wildman–Crippen LogP) is 3.45. The van der Waals surface area contributed by atoms with Gasteiger partial charge in [0.1, 0.15) is 17.0 Å². The highest BCUT2D eigenvalue weighted by molar-refractivity contribution is 5.86. The van der Waals surface area contributed by atoms with E-state index in [1.54, 1.807) is 0 Å². The van der Waals surface area contributed by atoms with Crippen molar-refractivity contribution >= 4 is 16.6 Å². The lowest BCUT2D eigenvalue weighted by molar-refractivity contribution is -0.120. The summed E-state index contributed by atoms with van der Waals surface area (Å²) in [5, 5.41) is 9.90. The van der Waals surface area contributed by atoms with Gasteiger partial charge >= 0.3 is 0 Å². The van der Waals surface area contributed by atoms with Crippen LogP contribution < -0.4 is 10.5 Å². The van der Waals surface area contributed by atoms with Crippen molar-refractivity contribution in [2.24, 2.45) is 11.1 Å². The van der Waals surface area contributed by atoms with Crippen molar-refractivity contribution < 1.29 is 9.47 Å². The van der Waals surface area contributed by atoms with Crippen LogP contribution in [0.3, 0.4) is 0 Å². The van der Waals surface area contributed by atoms with Crippen molar-refractivity contribution in [1.82, 2.24) is 24.5 Å². The maximum Gasteiger partial charge on any atom is 0.187 e. The molecular weight excluding hydrogens is 428 g/mol. The average Bonchev–Trinajstić information content (AvgIpc) is 3.46. The van der Waals surface area contributed by atoms with E-state index in [9.17, 15) is 0 Å². The number of nitrogens with two attached hydrogens (primary N) is 1. The topological polar surface area (TPSA) is 90.8 Å². The van der Waals surface area contributed by atoms with E-state index in [2.05, 4.69) is 53.3 Å². The molecule has 0 saturated carbocycles. The minimum atomic E-state index is 0.0648. The second kappa shape index (κ2) is 8.30. The third-order valence-corrected chi connectivity index (χ3v) is 7.10. The maximum absolute atomic E-state index is 6.20. The van der Waals surface area contributed by atoms with Crippen LogP contribution in [0.4, 0.5) is 0 Å². The number of nitrogens with zero attached hydrogens (tertiary/aromatic N) is 5. The molecule has 0 spiro atoms. The molecule has 1 aromatic carbocycles. The number of hydrogen-bond donors (Lipinski definition) is 1. The molecule has 2 aliphatic rings. The van der Waals surface area contributed by atoms with Gasteiger partial charge in [0, 0.05) is 42.2 Å². The van der Waals surface area contributed by atoms with E-state index in [0.29, 0.717) is 6.61 Å². The predicted molar refractivity (Wildman–Crippen MR) is 131 cm³/mol. The lowest BCUT2D eigenvalue weighted by atomic mass is 9.90. The van der Waals surface area contributed by atoms with Crippen molar-refractivity contribution in [3.63, 3.8) is 0 Å². The van der Waals surface area contributed by atoms with E-state index in [4.69, 9.17) is 20.2 Å². The zero-order valence-corrected chi connectivity index (χ0v) is 19.6. The Balaban J connectivity index is 1.35. The zero-order chi connectivity index (χ0) is 23.3. The molecule has 6 rings (SSSR count). The van der Waals surface area contributed by atoms with Crippen molar-refractivity contribution in [3.05, 3.63) is 54.2 Å². The fraction of sp³-hybridized carbons (Fsp3) is 0.423. The Morgan fingerprint density at radius 2 is 2.06 bits per heavy atom. The van der Waals surface area contributed by atoms with Gasteiger partial charge < -0.3 is 15.2 Å². The molecule has 2 aliphatic heterocycles. The third-order valence-electron chi connectivity index (χ3n) is 7.10. The van der Waals surface area contributed by atoms with Gasteiger partial charge in [0.25, 0.3) is 0 Å². The molecule has 0 radical (unpaired) electrons. The number of fused-ring (bicyclic) bond motifs is 2. The number of para-hydroxylation sites is 1. The highest BCUT2D eigenvalue weighted by atomic mass is 16.5. The van der Waals surface area contributed by atoms with Gasteiger partial charge in [0.15, 0.2) is 11.5 Å². The van der Waals surface area contributed by atoms with Crippen LogP contribution >= 0.6 is 0 Å². The molecule has 8 nitrogen and oxygen atoms in total. The van der Waals surface area contributed by atoms with Crippen LogP contribution in [0.2, 0.25) is 0 Å². The van der Waals surface area contributed by atoms with Crippen molar-refractivity contribution in [2.75, 3.05) is 32.9 Å². The lowest BCUT2D eigenvalue weighted by Crippen LogP contribution is -2.44. The molecule has 3 aromatic heterocycles. The molecule has 8 heteroatoms. The molecule has 5 heterocycles.